The number of aromatic carboxylic acids is 1. The van der Waals surface area contributed by atoms with Crippen LogP contribution in [0, 0.1) is 0 Å². The van der Waals surface area contributed by atoms with E-state index in [1.54, 1.807) is 0 Å². The van der Waals surface area contributed by atoms with E-state index in [0.717, 1.165) is 30.3 Å². The zero-order valence-corrected chi connectivity index (χ0v) is 31.0. The summed E-state index contributed by atoms with van der Waals surface area (Å²) in [6, 6.07) is 14.3. The Balaban J connectivity index is 0.00000627. The first-order valence-electron chi connectivity index (χ1n) is 13.8. The largest absolute Gasteiger partial charge is 1.00 e. The molecule has 20 nitrogen and oxygen atoms in total. The number of fused-ring (bicyclic) bond motifs is 1. The van der Waals surface area contributed by atoms with Gasteiger partial charge < -0.3 is 21.1 Å². The molecule has 5 aromatic rings. The predicted molar refractivity (Wildman–Crippen MR) is 180 cm³/mol. The van der Waals surface area contributed by atoms with E-state index in [9.17, 15) is 53.9 Å². The molecule has 0 spiro atoms. The number of hydrogen-bond acceptors (Lipinski definition) is 16. The van der Waals surface area contributed by atoms with Crippen molar-refractivity contribution >= 4 is 86.9 Å². The summed E-state index contributed by atoms with van der Waals surface area (Å²) in [5.74, 6) is -2.54. The number of phenolic OH excluding ortho intramolecular Hbond substituents is 1. The topological polar surface area (TPSA) is 341 Å². The maximum atomic E-state index is 12.3. The van der Waals surface area contributed by atoms with Crippen LogP contribution in [0.3, 0.4) is 0 Å². The van der Waals surface area contributed by atoms with Gasteiger partial charge in [-0.25, -0.2) is 4.79 Å². The molecule has 0 bridgehead atoms. The van der Waals surface area contributed by atoms with Crippen molar-refractivity contribution in [3.63, 3.8) is 0 Å². The van der Waals surface area contributed by atoms with E-state index in [1.165, 1.54) is 30.3 Å². The molecule has 0 saturated heterocycles. The first kappa shape index (κ1) is 40.5. The van der Waals surface area contributed by atoms with E-state index < -0.39 is 85.0 Å². The van der Waals surface area contributed by atoms with Crippen LogP contribution in [-0.2, 0) is 30.4 Å². The van der Waals surface area contributed by atoms with Gasteiger partial charge in [-0.2, -0.15) is 40.6 Å². The Morgan fingerprint density at radius 1 is 0.566 bits per heavy atom. The van der Waals surface area contributed by atoms with Crippen molar-refractivity contribution in [3.8, 4) is 11.5 Å². The average Bonchev–Trinajstić information content (AvgIpc) is 3.06. The number of aromatic hydroxyl groups is 2. The van der Waals surface area contributed by atoms with Gasteiger partial charge in [-0.15, -0.1) is 15.3 Å². The molecule has 0 aliphatic heterocycles. The zero-order chi connectivity index (χ0) is 38.2. The van der Waals surface area contributed by atoms with Gasteiger partial charge in [0, 0.05) is 5.39 Å². The van der Waals surface area contributed by atoms with Crippen LogP contribution in [0.25, 0.3) is 10.8 Å². The van der Waals surface area contributed by atoms with Crippen LogP contribution < -0.4 is 35.3 Å². The maximum absolute atomic E-state index is 12.3. The minimum atomic E-state index is -5.05. The second-order valence-electron chi connectivity index (χ2n) is 10.3. The summed E-state index contributed by atoms with van der Waals surface area (Å²) in [5.41, 5.74) is 4.39. The van der Waals surface area contributed by atoms with Gasteiger partial charge in [0.15, 0.2) is 5.75 Å². The molecule has 53 heavy (non-hydrogen) atoms. The molecule has 0 saturated carbocycles. The molecule has 0 aromatic heterocycles. The number of hydrogen-bond donors (Lipinski definition) is 7. The third kappa shape index (κ3) is 9.23. The summed E-state index contributed by atoms with van der Waals surface area (Å²) in [5, 5.41) is 52.3. The van der Waals surface area contributed by atoms with Crippen molar-refractivity contribution in [1.82, 2.24) is 0 Å². The first-order chi connectivity index (χ1) is 24.2. The second kappa shape index (κ2) is 15.4. The number of benzene rings is 5. The molecular weight excluding hydrogens is 774 g/mol. The van der Waals surface area contributed by atoms with Crippen molar-refractivity contribution in [2.24, 2.45) is 30.7 Å². The van der Waals surface area contributed by atoms with Crippen LogP contribution in [0.1, 0.15) is 10.4 Å². The summed E-state index contributed by atoms with van der Waals surface area (Å²) >= 11 is 0. The van der Waals surface area contributed by atoms with Crippen LogP contribution >= 0.6 is 0 Å². The van der Waals surface area contributed by atoms with Gasteiger partial charge in [0.1, 0.15) is 38.2 Å². The Morgan fingerprint density at radius 3 is 1.66 bits per heavy atom. The molecule has 0 atom stereocenters. The monoisotopic (exact) mass is 794 g/mol. The van der Waals surface area contributed by atoms with E-state index in [4.69, 9.17) is 10.8 Å². The summed E-state index contributed by atoms with van der Waals surface area (Å²) in [6.07, 6.45) is 0. The summed E-state index contributed by atoms with van der Waals surface area (Å²) in [6.45, 7) is 0. The van der Waals surface area contributed by atoms with Crippen LogP contribution in [0.4, 0.5) is 39.8 Å². The van der Waals surface area contributed by atoms with Gasteiger partial charge in [0.25, 0.3) is 30.4 Å². The minimum Gasteiger partial charge on any atom is -0.507 e. The van der Waals surface area contributed by atoms with Gasteiger partial charge >= 0.3 is 35.5 Å². The van der Waals surface area contributed by atoms with E-state index in [1.807, 2.05) is 0 Å². The molecule has 0 unspecified atom stereocenters. The molecule has 0 aliphatic rings. The molecule has 268 valence electrons. The number of carbonyl (C=O) groups is 1. The maximum Gasteiger partial charge on any atom is 1.00 e. The van der Waals surface area contributed by atoms with Crippen LogP contribution in [0.15, 0.2) is 124 Å². The standard InChI is InChI=1S/C29H21N7O13S3.Na/c30-27-22(36-35-21-12-17(50(41,42)43)6-10-24(21)51(44,45)46)13-25(52(47,48)49)18-7-8-20(28(38)26(18)27)34-32-15-3-1-14(2-4-15)31-33-16-5-9-23(37)19(11-16)29(39)40;/h1-13,37-38H,30H2,(H,39,40)(H,41,42,43)(H,44,45,46)(H,47,48,49);/q;+1. The number of rotatable bonds is 10. The molecule has 0 aliphatic carbocycles. The SMILES string of the molecule is Nc1c(N=Nc2cc(S(=O)(=O)O)ccc2S(=O)(=O)O)cc(S(=O)(=O)O)c2ccc(N=Nc3ccc(N=Nc4ccc(O)c(C(=O)O)c4)cc3)c(O)c12.[Na+]. The van der Waals surface area contributed by atoms with Crippen LogP contribution in [-0.4, -0.2) is 60.2 Å². The fraction of sp³-hybridized carbons (Fsp3) is 0. The zero-order valence-electron chi connectivity index (χ0n) is 26.5. The molecule has 0 heterocycles. The first-order valence-corrected chi connectivity index (χ1v) is 18.1. The molecule has 5 aromatic carbocycles. The number of anilines is 1. The third-order valence-electron chi connectivity index (χ3n) is 6.90. The van der Waals surface area contributed by atoms with Crippen LogP contribution in [0.5, 0.6) is 11.5 Å². The third-order valence-corrected chi connectivity index (χ3v) is 9.54. The van der Waals surface area contributed by atoms with Gasteiger partial charge in [-0.05, 0) is 72.8 Å². The average molecular weight is 795 g/mol. The summed E-state index contributed by atoms with van der Waals surface area (Å²) in [7, 11) is -15.0. The van der Waals surface area contributed by atoms with Gasteiger partial charge in [-0.1, -0.05) is 6.07 Å². The number of carboxylic acid groups (broad SMARTS) is 1. The normalized spacial score (nSPS) is 12.5. The van der Waals surface area contributed by atoms with E-state index in [0.29, 0.717) is 23.9 Å². The van der Waals surface area contributed by atoms with E-state index >= 15 is 0 Å². The molecule has 0 fully saturated rings. The van der Waals surface area contributed by atoms with Crippen molar-refractivity contribution in [2.45, 2.75) is 14.7 Å². The molecule has 8 N–H and O–H groups in total. The summed E-state index contributed by atoms with van der Waals surface area (Å²) in [4.78, 5) is 8.59. The predicted octanol–water partition coefficient (Wildman–Crippen LogP) is 3.52. The number of carboxylic acids is 1. The molecular formula is C29H21N7NaO13S3+. The van der Waals surface area contributed by atoms with Crippen LogP contribution in [0.2, 0.25) is 0 Å². The Bertz CT molecular complexity index is 2730. The summed E-state index contributed by atoms with van der Waals surface area (Å²) < 4.78 is 100. The smallest absolute Gasteiger partial charge is 0.507 e. The van der Waals surface area contributed by atoms with Crippen molar-refractivity contribution < 1.29 is 88.6 Å². The Labute approximate surface area is 320 Å². The van der Waals surface area contributed by atoms with Gasteiger partial charge in [0.05, 0.1) is 33.0 Å². The van der Waals surface area contributed by atoms with Crippen molar-refractivity contribution in [2.75, 3.05) is 5.73 Å². The number of nitrogens with zero attached hydrogens (tertiary/aromatic N) is 6. The number of azo groups is 3. The number of phenols is 2. The van der Waals surface area contributed by atoms with Crippen molar-refractivity contribution in [1.29, 1.82) is 0 Å². The van der Waals surface area contributed by atoms with E-state index in [2.05, 4.69) is 30.7 Å². The second-order valence-corrected chi connectivity index (χ2v) is 14.5. The molecule has 24 heteroatoms. The van der Waals surface area contributed by atoms with Crippen molar-refractivity contribution in [3.05, 3.63) is 84.4 Å². The fourth-order valence-electron chi connectivity index (χ4n) is 4.47. The Hall–Kier alpha value is -5.24. The quantitative estimate of drug-likeness (QED) is 0.0460. The molecule has 5 rings (SSSR count). The minimum absolute atomic E-state index is 0. The van der Waals surface area contributed by atoms with Gasteiger partial charge in [-0.3, -0.25) is 13.7 Å². The number of nitrogen functional groups attached to an aromatic ring is 1. The fourth-order valence-corrected chi connectivity index (χ4v) is 6.29. The van der Waals surface area contributed by atoms with Gasteiger partial charge in [0.2, 0.25) is 0 Å². The molecule has 0 radical (unpaired) electrons. The molecule has 0 amide bonds. The Kier molecular flexibility index (Phi) is 11.8. The van der Waals surface area contributed by atoms with E-state index in [-0.39, 0.29) is 57.6 Å². The Morgan fingerprint density at radius 2 is 1.09 bits per heavy atom. The number of nitrogens with two attached hydrogens (primary N) is 1.